The minimum absolute atomic E-state index is 0.102. The van der Waals surface area contributed by atoms with E-state index in [0.29, 0.717) is 18.0 Å². The van der Waals surface area contributed by atoms with Crippen molar-refractivity contribution in [2.24, 2.45) is 0 Å². The molecule has 1 N–H and O–H groups in total. The highest BCUT2D eigenvalue weighted by Gasteiger charge is 2.07. The van der Waals surface area contributed by atoms with Gasteiger partial charge in [-0.25, -0.2) is 4.98 Å². The highest BCUT2D eigenvalue weighted by Crippen LogP contribution is 2.11. The van der Waals surface area contributed by atoms with Gasteiger partial charge in [-0.2, -0.15) is 0 Å². The first-order valence-electron chi connectivity index (χ1n) is 5.53. The summed E-state index contributed by atoms with van der Waals surface area (Å²) >= 11 is 7.32. The van der Waals surface area contributed by atoms with Crippen molar-refractivity contribution >= 4 is 28.8 Å². The van der Waals surface area contributed by atoms with Crippen molar-refractivity contribution in [3.63, 3.8) is 0 Å². The third kappa shape index (κ3) is 3.31. The molecule has 0 saturated carbocycles. The van der Waals surface area contributed by atoms with Crippen molar-refractivity contribution < 1.29 is 4.79 Å². The highest BCUT2D eigenvalue weighted by molar-refractivity contribution is 7.11. The molecule has 1 aromatic heterocycles. The number of hydrogen-bond acceptors (Lipinski definition) is 3. The van der Waals surface area contributed by atoms with Crippen LogP contribution in [0.25, 0.3) is 0 Å². The molecule has 1 heterocycles. The van der Waals surface area contributed by atoms with Crippen LogP contribution in [-0.4, -0.2) is 10.9 Å². The summed E-state index contributed by atoms with van der Waals surface area (Å²) in [4.78, 5) is 17.3. The van der Waals surface area contributed by atoms with Crippen LogP contribution in [0.4, 0.5) is 0 Å². The number of nitrogens with zero attached hydrogens (tertiary/aromatic N) is 1. The maximum absolute atomic E-state index is 11.9. The topological polar surface area (TPSA) is 42.0 Å². The molecule has 0 radical (unpaired) electrons. The van der Waals surface area contributed by atoms with Gasteiger partial charge in [-0.3, -0.25) is 4.79 Å². The number of carbonyl (C=O) groups is 1. The van der Waals surface area contributed by atoms with Crippen LogP contribution in [0.1, 0.15) is 25.8 Å². The van der Waals surface area contributed by atoms with Gasteiger partial charge in [0.1, 0.15) is 5.01 Å². The lowest BCUT2D eigenvalue weighted by Crippen LogP contribution is -2.22. The number of alkyl halides is 1. The lowest BCUT2D eigenvalue weighted by atomic mass is 10.1. The van der Waals surface area contributed by atoms with E-state index in [0.717, 1.165) is 15.4 Å². The predicted molar refractivity (Wildman–Crippen MR) is 74.0 cm³/mol. The van der Waals surface area contributed by atoms with Crippen molar-refractivity contribution in [1.82, 2.24) is 10.3 Å². The van der Waals surface area contributed by atoms with Gasteiger partial charge >= 0.3 is 0 Å². The molecular formula is C13H13ClN2OS. The molecule has 0 unspecified atom stereocenters. The lowest BCUT2D eigenvalue weighted by Gasteiger charge is -2.04. The first-order valence-corrected chi connectivity index (χ1v) is 6.88. The maximum atomic E-state index is 11.9. The molecule has 1 amide bonds. The quantitative estimate of drug-likeness (QED) is 0.875. The van der Waals surface area contributed by atoms with E-state index in [-0.39, 0.29) is 5.91 Å². The van der Waals surface area contributed by atoms with Gasteiger partial charge in [0.2, 0.25) is 0 Å². The summed E-state index contributed by atoms with van der Waals surface area (Å²) in [6.45, 7) is 2.45. The van der Waals surface area contributed by atoms with Crippen LogP contribution in [0.2, 0.25) is 0 Å². The Kier molecular flexibility index (Phi) is 4.33. The molecule has 1 aromatic carbocycles. The summed E-state index contributed by atoms with van der Waals surface area (Å²) in [6, 6.07) is 7.31. The molecular weight excluding hydrogens is 268 g/mol. The summed E-state index contributed by atoms with van der Waals surface area (Å²) in [5.74, 6) is 0.307. The van der Waals surface area contributed by atoms with Gasteiger partial charge in [-0.1, -0.05) is 12.1 Å². The molecule has 0 aliphatic heterocycles. The monoisotopic (exact) mass is 280 g/mol. The van der Waals surface area contributed by atoms with Crippen LogP contribution < -0.4 is 5.32 Å². The molecule has 0 aliphatic rings. The van der Waals surface area contributed by atoms with Crippen LogP contribution in [0.15, 0.2) is 30.5 Å². The predicted octanol–water partition coefficient (Wildman–Crippen LogP) is 3.12. The first kappa shape index (κ1) is 13.1. The Labute approximate surface area is 115 Å². The van der Waals surface area contributed by atoms with Crippen molar-refractivity contribution in [2.75, 3.05) is 0 Å². The van der Waals surface area contributed by atoms with Crippen LogP contribution in [-0.2, 0) is 12.4 Å². The Hall–Kier alpha value is -1.39. The number of aryl methyl sites for hydroxylation is 1. The molecule has 0 saturated heterocycles. The van der Waals surface area contributed by atoms with Crippen LogP contribution in [0, 0.1) is 6.92 Å². The van der Waals surface area contributed by atoms with Crippen LogP contribution in [0.5, 0.6) is 0 Å². The van der Waals surface area contributed by atoms with Crippen LogP contribution in [0.3, 0.4) is 0 Å². The zero-order valence-corrected chi connectivity index (χ0v) is 11.5. The molecule has 3 nitrogen and oxygen atoms in total. The third-order valence-corrected chi connectivity index (χ3v) is 3.63. The molecule has 0 atom stereocenters. The first-order chi connectivity index (χ1) is 8.69. The van der Waals surface area contributed by atoms with Gasteiger partial charge in [0, 0.05) is 22.5 Å². The average molecular weight is 281 g/mol. The number of benzene rings is 1. The number of amides is 1. The molecule has 0 bridgehead atoms. The van der Waals surface area contributed by atoms with E-state index < -0.39 is 0 Å². The minimum atomic E-state index is -0.102. The van der Waals surface area contributed by atoms with Gasteiger partial charge < -0.3 is 5.32 Å². The second-order valence-electron chi connectivity index (χ2n) is 3.88. The molecule has 5 heteroatoms. The summed E-state index contributed by atoms with van der Waals surface area (Å²) in [7, 11) is 0. The summed E-state index contributed by atoms with van der Waals surface area (Å²) in [6.07, 6.45) is 1.81. The van der Waals surface area contributed by atoms with Gasteiger partial charge in [0.15, 0.2) is 0 Å². The zero-order chi connectivity index (χ0) is 13.0. The van der Waals surface area contributed by atoms with E-state index in [1.54, 1.807) is 29.7 Å². The van der Waals surface area contributed by atoms with Gasteiger partial charge in [0.25, 0.3) is 5.91 Å². The molecule has 0 aliphatic carbocycles. The Balaban J connectivity index is 1.99. The zero-order valence-electron chi connectivity index (χ0n) is 9.94. The Bertz CT molecular complexity index is 553. The molecule has 0 fully saturated rings. The van der Waals surface area contributed by atoms with E-state index in [1.165, 1.54) is 0 Å². The highest BCUT2D eigenvalue weighted by atomic mass is 35.5. The maximum Gasteiger partial charge on any atom is 0.251 e. The summed E-state index contributed by atoms with van der Waals surface area (Å²) in [5.41, 5.74) is 1.57. The summed E-state index contributed by atoms with van der Waals surface area (Å²) in [5, 5.41) is 3.76. The standard InChI is InChI=1S/C13H13ClN2OS/c1-9-7-15-12(18-9)8-16-13(17)11-4-2-3-10(5-11)6-14/h2-5,7H,6,8H2,1H3,(H,16,17). The van der Waals surface area contributed by atoms with Crippen molar-refractivity contribution in [1.29, 1.82) is 0 Å². The smallest absolute Gasteiger partial charge is 0.251 e. The Morgan fingerprint density at radius 1 is 1.50 bits per heavy atom. The van der Waals surface area contributed by atoms with Gasteiger partial charge in [-0.15, -0.1) is 22.9 Å². The van der Waals surface area contributed by atoms with Crippen LogP contribution >= 0.6 is 22.9 Å². The number of rotatable bonds is 4. The van der Waals surface area contributed by atoms with Gasteiger partial charge in [0.05, 0.1) is 6.54 Å². The minimum Gasteiger partial charge on any atom is -0.346 e. The van der Waals surface area contributed by atoms with E-state index in [1.807, 2.05) is 19.1 Å². The second-order valence-corrected chi connectivity index (χ2v) is 5.47. The Morgan fingerprint density at radius 2 is 2.33 bits per heavy atom. The van der Waals surface area contributed by atoms with Gasteiger partial charge in [-0.05, 0) is 24.6 Å². The molecule has 18 heavy (non-hydrogen) atoms. The number of aromatic nitrogens is 1. The van der Waals surface area contributed by atoms with E-state index in [9.17, 15) is 4.79 Å². The summed E-state index contributed by atoms with van der Waals surface area (Å²) < 4.78 is 0. The number of halogens is 1. The van der Waals surface area contributed by atoms with E-state index in [2.05, 4.69) is 10.3 Å². The number of hydrogen-bond donors (Lipinski definition) is 1. The normalized spacial score (nSPS) is 10.3. The number of thiazole rings is 1. The number of carbonyl (C=O) groups excluding carboxylic acids is 1. The van der Waals surface area contributed by atoms with Crippen molar-refractivity contribution in [3.05, 3.63) is 51.5 Å². The average Bonchev–Trinajstić information content (AvgIpc) is 2.82. The molecule has 2 rings (SSSR count). The molecule has 2 aromatic rings. The largest absolute Gasteiger partial charge is 0.346 e. The molecule has 94 valence electrons. The van der Waals surface area contributed by atoms with E-state index in [4.69, 9.17) is 11.6 Å². The fourth-order valence-corrected chi connectivity index (χ4v) is 2.43. The third-order valence-electron chi connectivity index (χ3n) is 2.41. The molecule has 0 spiro atoms. The SMILES string of the molecule is Cc1cnc(CNC(=O)c2cccc(CCl)c2)s1. The van der Waals surface area contributed by atoms with E-state index >= 15 is 0 Å². The van der Waals surface area contributed by atoms with Crippen molar-refractivity contribution in [3.8, 4) is 0 Å². The fourth-order valence-electron chi connectivity index (χ4n) is 1.54. The lowest BCUT2D eigenvalue weighted by molar-refractivity contribution is 0.0951. The van der Waals surface area contributed by atoms with Crippen molar-refractivity contribution in [2.45, 2.75) is 19.3 Å². The second kappa shape index (κ2) is 5.98. The Morgan fingerprint density at radius 3 is 3.00 bits per heavy atom. The fraction of sp³-hybridized carbons (Fsp3) is 0.231. The number of nitrogens with one attached hydrogen (secondary N) is 1.